The number of carbonyl (C=O) groups is 2. The number of carbonyl (C=O) groups excluding carboxylic acids is 2. The lowest BCUT2D eigenvalue weighted by atomic mass is 10.1. The maximum absolute atomic E-state index is 11.6. The predicted molar refractivity (Wildman–Crippen MR) is 69.3 cm³/mol. The highest BCUT2D eigenvalue weighted by molar-refractivity contribution is 6.26. The van der Waals surface area contributed by atoms with Crippen LogP contribution >= 0.6 is 0 Å². The van der Waals surface area contributed by atoms with Crippen LogP contribution in [0.15, 0.2) is 30.3 Å². The van der Waals surface area contributed by atoms with Crippen molar-refractivity contribution in [3.8, 4) is 0 Å². The number of nitrogens with one attached hydrogen (secondary N) is 2. The molecule has 0 saturated heterocycles. The fourth-order valence-corrected chi connectivity index (χ4v) is 1.42. The summed E-state index contributed by atoms with van der Waals surface area (Å²) in [6, 6.07) is 8.79. The minimum absolute atomic E-state index is 0.128. The molecule has 0 spiro atoms. The first-order valence-electron chi connectivity index (χ1n) is 5.74. The van der Waals surface area contributed by atoms with Crippen molar-refractivity contribution in [2.45, 2.75) is 25.4 Å². The molecule has 4 N–H and O–H groups in total. The largest absolute Gasteiger partial charge is 0.351 e. The zero-order valence-electron chi connectivity index (χ0n) is 10.1. The lowest BCUT2D eigenvalue weighted by Crippen LogP contribution is -2.40. The second-order valence-corrected chi connectivity index (χ2v) is 3.96. The molecular weight excluding hydrogens is 230 g/mol. The Morgan fingerprint density at radius 1 is 1.33 bits per heavy atom. The molecule has 0 radical (unpaired) electrons. The normalized spacial score (nSPS) is 11.6. The van der Waals surface area contributed by atoms with Crippen LogP contribution in [0.25, 0.3) is 0 Å². The van der Waals surface area contributed by atoms with Gasteiger partial charge >= 0.3 is 0 Å². The molecular formula is C13H17N3O2. The average Bonchev–Trinajstić information content (AvgIpc) is 2.42. The summed E-state index contributed by atoms with van der Waals surface area (Å²) in [6.45, 7) is 0.423. The molecule has 0 aromatic heterocycles. The minimum atomic E-state index is -0.711. The lowest BCUT2D eigenvalue weighted by molar-refractivity contribution is -0.122. The number of benzene rings is 1. The molecule has 1 amide bonds. The van der Waals surface area contributed by atoms with E-state index in [4.69, 9.17) is 11.1 Å². The number of hydrogen-bond acceptors (Lipinski definition) is 4. The number of hydrogen-bond donors (Lipinski definition) is 3. The Morgan fingerprint density at radius 2 is 2.00 bits per heavy atom. The summed E-state index contributed by atoms with van der Waals surface area (Å²) in [5, 5.41) is 9.45. The summed E-state index contributed by atoms with van der Waals surface area (Å²) >= 11 is 0. The van der Waals surface area contributed by atoms with Crippen molar-refractivity contribution in [2.24, 2.45) is 5.73 Å². The highest BCUT2D eigenvalue weighted by Gasteiger charge is 2.13. The highest BCUT2D eigenvalue weighted by Crippen LogP contribution is 1.99. The average molecular weight is 247 g/mol. The first-order valence-corrected chi connectivity index (χ1v) is 5.74. The second-order valence-electron chi connectivity index (χ2n) is 3.96. The van der Waals surface area contributed by atoms with Gasteiger partial charge in [-0.05, 0) is 12.0 Å². The Labute approximate surface area is 106 Å². The van der Waals surface area contributed by atoms with E-state index in [9.17, 15) is 9.59 Å². The number of amides is 1. The zero-order chi connectivity index (χ0) is 13.4. The molecule has 0 aliphatic rings. The van der Waals surface area contributed by atoms with E-state index in [0.717, 1.165) is 11.8 Å². The summed E-state index contributed by atoms with van der Waals surface area (Å²) in [6.07, 6.45) is 1.13. The number of rotatable bonds is 7. The molecule has 18 heavy (non-hydrogen) atoms. The van der Waals surface area contributed by atoms with Crippen molar-refractivity contribution >= 4 is 17.9 Å². The Morgan fingerprint density at radius 3 is 2.61 bits per heavy atom. The monoisotopic (exact) mass is 247 g/mol. The van der Waals surface area contributed by atoms with Crippen molar-refractivity contribution in [3.63, 3.8) is 0 Å². The van der Waals surface area contributed by atoms with Crippen LogP contribution in [-0.4, -0.2) is 23.9 Å². The summed E-state index contributed by atoms with van der Waals surface area (Å²) < 4.78 is 0. The molecule has 0 unspecified atom stereocenters. The molecule has 0 aliphatic heterocycles. The van der Waals surface area contributed by atoms with E-state index in [2.05, 4.69) is 5.32 Å². The van der Waals surface area contributed by atoms with Gasteiger partial charge in [0, 0.05) is 13.0 Å². The summed E-state index contributed by atoms with van der Waals surface area (Å²) in [5.74, 6) is -0.599. The maximum atomic E-state index is 11.6. The molecule has 5 nitrogen and oxygen atoms in total. The van der Waals surface area contributed by atoms with E-state index < -0.39 is 6.04 Å². The molecule has 1 atom stereocenters. The van der Waals surface area contributed by atoms with Gasteiger partial charge in [-0.3, -0.25) is 9.59 Å². The van der Waals surface area contributed by atoms with Gasteiger partial charge in [0.2, 0.25) is 5.91 Å². The van der Waals surface area contributed by atoms with Crippen LogP contribution in [-0.2, 0) is 16.1 Å². The van der Waals surface area contributed by atoms with Crippen LogP contribution in [0.5, 0.6) is 0 Å². The zero-order valence-corrected chi connectivity index (χ0v) is 10.1. The van der Waals surface area contributed by atoms with Crippen molar-refractivity contribution in [2.75, 3.05) is 0 Å². The molecule has 5 heteroatoms. The van der Waals surface area contributed by atoms with Crippen LogP contribution in [0.1, 0.15) is 18.4 Å². The van der Waals surface area contributed by atoms with Gasteiger partial charge in [-0.2, -0.15) is 0 Å². The van der Waals surface area contributed by atoms with Crippen molar-refractivity contribution in [1.29, 1.82) is 5.41 Å². The summed E-state index contributed by atoms with van der Waals surface area (Å²) in [5.41, 5.74) is 6.64. The van der Waals surface area contributed by atoms with E-state index in [1.54, 1.807) is 0 Å². The van der Waals surface area contributed by atoms with Crippen molar-refractivity contribution in [1.82, 2.24) is 5.32 Å². The molecule has 0 fully saturated rings. The van der Waals surface area contributed by atoms with Gasteiger partial charge in [-0.25, -0.2) is 0 Å². The van der Waals surface area contributed by atoms with E-state index in [1.807, 2.05) is 30.3 Å². The maximum Gasteiger partial charge on any atom is 0.237 e. The van der Waals surface area contributed by atoms with E-state index in [-0.39, 0.29) is 24.5 Å². The van der Waals surface area contributed by atoms with E-state index in [1.165, 1.54) is 0 Å². The predicted octanol–water partition coefficient (Wildman–Crippen LogP) is 0.629. The van der Waals surface area contributed by atoms with Crippen LogP contribution in [0.3, 0.4) is 0 Å². The summed E-state index contributed by atoms with van der Waals surface area (Å²) in [4.78, 5) is 22.5. The first-order chi connectivity index (χ1) is 8.63. The van der Waals surface area contributed by atoms with Gasteiger partial charge in [0.25, 0.3) is 0 Å². The number of Topliss-reactive ketones (excluding diaryl/α,β-unsaturated/α-hetero) is 1. The Balaban J connectivity index is 2.32. The van der Waals surface area contributed by atoms with Crippen LogP contribution in [0.2, 0.25) is 0 Å². The molecule has 0 saturated carbocycles. The van der Waals surface area contributed by atoms with Crippen LogP contribution in [0.4, 0.5) is 0 Å². The fraction of sp³-hybridized carbons (Fsp3) is 0.308. The van der Waals surface area contributed by atoms with E-state index in [0.29, 0.717) is 6.54 Å². The third-order valence-corrected chi connectivity index (χ3v) is 2.51. The van der Waals surface area contributed by atoms with Gasteiger partial charge in [0.1, 0.15) is 0 Å². The first kappa shape index (κ1) is 14.1. The third-order valence-electron chi connectivity index (χ3n) is 2.51. The van der Waals surface area contributed by atoms with Gasteiger partial charge in [-0.15, -0.1) is 0 Å². The fourth-order valence-electron chi connectivity index (χ4n) is 1.42. The molecule has 1 rings (SSSR count). The van der Waals surface area contributed by atoms with Crippen LogP contribution < -0.4 is 11.1 Å². The highest BCUT2D eigenvalue weighted by atomic mass is 16.2. The molecule has 0 bridgehead atoms. The standard InChI is InChI=1S/C13H17N3O2/c14-8-11(17)6-7-12(15)13(18)16-9-10-4-2-1-3-5-10/h1-5,8,12,14H,6-7,9,15H2,(H,16,18)/t12-/m0/s1. The van der Waals surface area contributed by atoms with Gasteiger partial charge in [0.05, 0.1) is 12.3 Å². The van der Waals surface area contributed by atoms with Gasteiger partial charge in [-0.1, -0.05) is 30.3 Å². The lowest BCUT2D eigenvalue weighted by Gasteiger charge is -2.11. The smallest absolute Gasteiger partial charge is 0.237 e. The summed E-state index contributed by atoms with van der Waals surface area (Å²) in [7, 11) is 0. The Hall–Kier alpha value is -2.01. The van der Waals surface area contributed by atoms with E-state index >= 15 is 0 Å². The number of nitrogens with two attached hydrogens (primary N) is 1. The molecule has 0 heterocycles. The minimum Gasteiger partial charge on any atom is -0.351 e. The third kappa shape index (κ3) is 4.88. The van der Waals surface area contributed by atoms with Crippen molar-refractivity contribution in [3.05, 3.63) is 35.9 Å². The quantitative estimate of drug-likeness (QED) is 0.616. The Bertz CT molecular complexity index is 418. The SMILES string of the molecule is N=CC(=O)CC[C@H](N)C(=O)NCc1ccccc1. The molecule has 0 aliphatic carbocycles. The van der Waals surface area contributed by atoms with Gasteiger partial charge in [0.15, 0.2) is 5.78 Å². The topological polar surface area (TPSA) is 96.0 Å². The Kier molecular flexibility index (Phi) is 5.73. The molecule has 96 valence electrons. The second kappa shape index (κ2) is 7.34. The molecule has 1 aromatic carbocycles. The van der Waals surface area contributed by atoms with Crippen molar-refractivity contribution < 1.29 is 9.59 Å². The molecule has 1 aromatic rings. The van der Waals surface area contributed by atoms with Gasteiger partial charge < -0.3 is 16.5 Å². The number of ketones is 1. The van der Waals surface area contributed by atoms with Crippen LogP contribution in [0, 0.1) is 5.41 Å².